The Morgan fingerprint density at radius 3 is 2.43 bits per heavy atom. The molecule has 0 saturated heterocycles. The summed E-state index contributed by atoms with van der Waals surface area (Å²) in [6.07, 6.45) is 3.88. The average Bonchev–Trinajstić information content (AvgIpc) is 2.42. The minimum atomic E-state index is 0.0718. The van der Waals surface area contributed by atoms with Gasteiger partial charge in [-0.3, -0.25) is 0 Å². The van der Waals surface area contributed by atoms with Gasteiger partial charge in [0.15, 0.2) is 0 Å². The van der Waals surface area contributed by atoms with Crippen molar-refractivity contribution in [2.45, 2.75) is 38.0 Å². The van der Waals surface area contributed by atoms with Crippen LogP contribution in [0.1, 0.15) is 30.4 Å². The second-order valence-corrected chi connectivity index (χ2v) is 6.45. The molecule has 1 aliphatic rings. The SMILES string of the molecule is COc1ccc(CO)cc1CN(C)CC1(N(C)C)CCC1. The lowest BCUT2D eigenvalue weighted by atomic mass is 9.75. The van der Waals surface area contributed by atoms with Crippen molar-refractivity contribution >= 4 is 0 Å². The van der Waals surface area contributed by atoms with Gasteiger partial charge in [-0.15, -0.1) is 0 Å². The first kappa shape index (κ1) is 16.3. The molecule has 118 valence electrons. The molecule has 0 heterocycles. The van der Waals surface area contributed by atoms with Crippen LogP contribution in [0.3, 0.4) is 0 Å². The van der Waals surface area contributed by atoms with Crippen molar-refractivity contribution in [2.75, 3.05) is 34.8 Å². The molecule has 0 aliphatic heterocycles. The monoisotopic (exact) mass is 292 g/mol. The first-order valence-corrected chi connectivity index (χ1v) is 7.63. The zero-order valence-corrected chi connectivity index (χ0v) is 13.7. The average molecular weight is 292 g/mol. The van der Waals surface area contributed by atoms with Crippen molar-refractivity contribution in [1.29, 1.82) is 0 Å². The van der Waals surface area contributed by atoms with Crippen LogP contribution < -0.4 is 4.74 Å². The van der Waals surface area contributed by atoms with Gasteiger partial charge in [-0.1, -0.05) is 6.07 Å². The van der Waals surface area contributed by atoms with E-state index in [1.807, 2.05) is 18.2 Å². The predicted molar refractivity (Wildman–Crippen MR) is 85.5 cm³/mol. The zero-order chi connectivity index (χ0) is 15.5. The van der Waals surface area contributed by atoms with Gasteiger partial charge in [0.05, 0.1) is 13.7 Å². The maximum absolute atomic E-state index is 9.31. The predicted octanol–water partition coefficient (Wildman–Crippen LogP) is 2.10. The molecular formula is C17H28N2O2. The van der Waals surface area contributed by atoms with Crippen LogP contribution in [0.2, 0.25) is 0 Å². The number of aliphatic hydroxyl groups is 1. The highest BCUT2D eigenvalue weighted by atomic mass is 16.5. The van der Waals surface area contributed by atoms with E-state index >= 15 is 0 Å². The summed E-state index contributed by atoms with van der Waals surface area (Å²) < 4.78 is 5.44. The highest BCUT2D eigenvalue weighted by Crippen LogP contribution is 2.37. The third-order valence-electron chi connectivity index (χ3n) is 4.76. The molecule has 0 spiro atoms. The molecule has 0 radical (unpaired) electrons. The zero-order valence-electron chi connectivity index (χ0n) is 13.7. The van der Waals surface area contributed by atoms with Crippen molar-refractivity contribution in [3.05, 3.63) is 29.3 Å². The maximum Gasteiger partial charge on any atom is 0.123 e. The van der Waals surface area contributed by atoms with E-state index in [9.17, 15) is 5.11 Å². The van der Waals surface area contributed by atoms with E-state index in [1.54, 1.807) is 7.11 Å². The molecule has 2 rings (SSSR count). The molecule has 1 aromatic carbocycles. The van der Waals surface area contributed by atoms with Crippen LogP contribution in [0.5, 0.6) is 5.75 Å². The third kappa shape index (κ3) is 3.57. The minimum absolute atomic E-state index is 0.0718. The van der Waals surface area contributed by atoms with Gasteiger partial charge in [-0.25, -0.2) is 0 Å². The van der Waals surface area contributed by atoms with Gasteiger partial charge < -0.3 is 19.6 Å². The van der Waals surface area contributed by atoms with Crippen LogP contribution in [0.15, 0.2) is 18.2 Å². The number of aliphatic hydroxyl groups excluding tert-OH is 1. The smallest absolute Gasteiger partial charge is 0.123 e. The van der Waals surface area contributed by atoms with Crippen LogP contribution in [-0.4, -0.2) is 55.2 Å². The fraction of sp³-hybridized carbons (Fsp3) is 0.647. The second kappa shape index (κ2) is 6.77. The van der Waals surface area contributed by atoms with E-state index in [0.29, 0.717) is 5.54 Å². The lowest BCUT2D eigenvalue weighted by molar-refractivity contribution is 0.0257. The van der Waals surface area contributed by atoms with Crippen LogP contribution in [-0.2, 0) is 13.2 Å². The first-order valence-electron chi connectivity index (χ1n) is 7.63. The van der Waals surface area contributed by atoms with E-state index in [-0.39, 0.29) is 6.61 Å². The van der Waals surface area contributed by atoms with Crippen molar-refractivity contribution < 1.29 is 9.84 Å². The Morgan fingerprint density at radius 1 is 1.24 bits per heavy atom. The van der Waals surface area contributed by atoms with Gasteiger partial charge >= 0.3 is 0 Å². The summed E-state index contributed by atoms with van der Waals surface area (Å²) in [4.78, 5) is 4.73. The fourth-order valence-electron chi connectivity index (χ4n) is 3.23. The number of likely N-dealkylation sites (N-methyl/N-ethyl adjacent to an activating group) is 2. The summed E-state index contributed by atoms with van der Waals surface area (Å²) in [6, 6.07) is 5.90. The first-order chi connectivity index (χ1) is 10.0. The number of nitrogens with zero attached hydrogens (tertiary/aromatic N) is 2. The number of methoxy groups -OCH3 is 1. The van der Waals surface area contributed by atoms with E-state index in [1.165, 1.54) is 19.3 Å². The second-order valence-electron chi connectivity index (χ2n) is 6.45. The topological polar surface area (TPSA) is 35.9 Å². The van der Waals surface area contributed by atoms with E-state index < -0.39 is 0 Å². The number of benzene rings is 1. The molecule has 1 N–H and O–H groups in total. The Bertz CT molecular complexity index is 470. The minimum Gasteiger partial charge on any atom is -0.496 e. The molecule has 21 heavy (non-hydrogen) atoms. The van der Waals surface area contributed by atoms with Crippen molar-refractivity contribution in [2.24, 2.45) is 0 Å². The Morgan fingerprint density at radius 2 is 1.95 bits per heavy atom. The molecular weight excluding hydrogens is 264 g/mol. The lowest BCUT2D eigenvalue weighted by Crippen LogP contribution is -2.56. The molecule has 0 amide bonds. The highest BCUT2D eigenvalue weighted by molar-refractivity contribution is 5.37. The van der Waals surface area contributed by atoms with Crippen LogP contribution in [0.25, 0.3) is 0 Å². The normalized spacial score (nSPS) is 17.1. The molecule has 1 aromatic rings. The molecule has 4 heteroatoms. The van der Waals surface area contributed by atoms with Gasteiger partial charge in [-0.2, -0.15) is 0 Å². The van der Waals surface area contributed by atoms with Crippen LogP contribution in [0.4, 0.5) is 0 Å². The molecule has 1 aliphatic carbocycles. The Balaban J connectivity index is 2.06. The van der Waals surface area contributed by atoms with Gasteiger partial charge in [0, 0.05) is 24.2 Å². The van der Waals surface area contributed by atoms with Crippen LogP contribution in [0, 0.1) is 0 Å². The lowest BCUT2D eigenvalue weighted by Gasteiger charge is -2.49. The summed E-state index contributed by atoms with van der Waals surface area (Å²) in [5.41, 5.74) is 2.40. The molecule has 0 bridgehead atoms. The van der Waals surface area contributed by atoms with Gasteiger partial charge in [0.25, 0.3) is 0 Å². The maximum atomic E-state index is 9.31. The molecule has 1 saturated carbocycles. The Labute approximate surface area is 128 Å². The number of rotatable bonds is 7. The van der Waals surface area contributed by atoms with E-state index in [4.69, 9.17) is 4.74 Å². The summed E-state index contributed by atoms with van der Waals surface area (Å²) in [5, 5.41) is 9.31. The molecule has 0 atom stereocenters. The van der Waals surface area contributed by atoms with Crippen molar-refractivity contribution in [1.82, 2.24) is 9.80 Å². The molecule has 4 nitrogen and oxygen atoms in total. The van der Waals surface area contributed by atoms with Crippen LogP contribution >= 0.6 is 0 Å². The summed E-state index contributed by atoms with van der Waals surface area (Å²) in [7, 11) is 8.22. The van der Waals surface area contributed by atoms with E-state index in [0.717, 1.165) is 30.0 Å². The van der Waals surface area contributed by atoms with Crippen molar-refractivity contribution in [3.63, 3.8) is 0 Å². The number of ether oxygens (including phenoxy) is 1. The molecule has 0 unspecified atom stereocenters. The number of hydrogen-bond donors (Lipinski definition) is 1. The van der Waals surface area contributed by atoms with Crippen molar-refractivity contribution in [3.8, 4) is 5.75 Å². The summed E-state index contributed by atoms with van der Waals surface area (Å²) >= 11 is 0. The Hall–Kier alpha value is -1.10. The van der Waals surface area contributed by atoms with Gasteiger partial charge in [0.1, 0.15) is 5.75 Å². The summed E-state index contributed by atoms with van der Waals surface area (Å²) in [6.45, 7) is 1.97. The molecule has 1 fully saturated rings. The standard InChI is InChI=1S/C17H28N2O2/c1-18(2)17(8-5-9-17)13-19(3)11-15-10-14(12-20)6-7-16(15)21-4/h6-7,10,20H,5,8-9,11-13H2,1-4H3. The summed E-state index contributed by atoms with van der Waals surface area (Å²) in [5.74, 6) is 0.895. The number of hydrogen-bond acceptors (Lipinski definition) is 4. The van der Waals surface area contributed by atoms with Gasteiger partial charge in [-0.05, 0) is 58.1 Å². The van der Waals surface area contributed by atoms with E-state index in [2.05, 4.69) is 30.9 Å². The fourth-order valence-corrected chi connectivity index (χ4v) is 3.23. The third-order valence-corrected chi connectivity index (χ3v) is 4.76. The molecule has 0 aromatic heterocycles. The Kier molecular flexibility index (Phi) is 5.25. The highest BCUT2D eigenvalue weighted by Gasteiger charge is 2.39. The van der Waals surface area contributed by atoms with Gasteiger partial charge in [0.2, 0.25) is 0 Å². The quantitative estimate of drug-likeness (QED) is 0.835. The largest absolute Gasteiger partial charge is 0.496 e.